The van der Waals surface area contributed by atoms with Gasteiger partial charge in [0.05, 0.1) is 23.0 Å². The number of nitrogens with zero attached hydrogens (tertiary/aromatic N) is 1. The molecule has 0 bridgehead atoms. The third-order valence-corrected chi connectivity index (χ3v) is 6.93. The van der Waals surface area contributed by atoms with E-state index in [1.807, 2.05) is 36.4 Å². The summed E-state index contributed by atoms with van der Waals surface area (Å²) < 4.78 is 13.6. The molecule has 0 saturated heterocycles. The van der Waals surface area contributed by atoms with Crippen LogP contribution in [0.15, 0.2) is 66.9 Å². The Hall–Kier alpha value is -3.25. The molecule has 3 N–H and O–H groups in total. The summed E-state index contributed by atoms with van der Waals surface area (Å²) in [5, 5.41) is 16.7. The van der Waals surface area contributed by atoms with Gasteiger partial charge in [0.2, 0.25) is 0 Å². The summed E-state index contributed by atoms with van der Waals surface area (Å²) in [6, 6.07) is 19.9. The zero-order valence-electron chi connectivity index (χ0n) is 19.9. The third-order valence-electron chi connectivity index (χ3n) is 6.93. The number of aliphatic carboxylic acids is 1. The summed E-state index contributed by atoms with van der Waals surface area (Å²) in [7, 11) is 0. The van der Waals surface area contributed by atoms with E-state index in [9.17, 15) is 14.3 Å². The summed E-state index contributed by atoms with van der Waals surface area (Å²) in [5.41, 5.74) is 3.83. The van der Waals surface area contributed by atoms with E-state index in [-0.39, 0.29) is 23.7 Å². The lowest BCUT2D eigenvalue weighted by atomic mass is 9.82. The molecular formula is C28H32FN3O2. The molecule has 0 spiro atoms. The number of anilines is 1. The fraction of sp³-hybridized carbons (Fsp3) is 0.357. The van der Waals surface area contributed by atoms with E-state index in [0.29, 0.717) is 0 Å². The SMILES string of the molecule is C[C@H](CN[C@H](c1ccccc1)[C@H]1CNc2cc(F)cnc2C1)c1cccc(C(C)(C)C(=O)O)c1. The quantitative estimate of drug-likeness (QED) is 0.424. The maximum absolute atomic E-state index is 13.6. The number of halogens is 1. The van der Waals surface area contributed by atoms with Crippen molar-refractivity contribution in [3.8, 4) is 0 Å². The van der Waals surface area contributed by atoms with Crippen LogP contribution in [0.5, 0.6) is 0 Å². The Kier molecular flexibility index (Phi) is 6.98. The number of pyridine rings is 1. The number of benzene rings is 2. The molecule has 6 heteroatoms. The fourth-order valence-electron chi connectivity index (χ4n) is 4.58. The van der Waals surface area contributed by atoms with Gasteiger partial charge in [-0.15, -0.1) is 0 Å². The lowest BCUT2D eigenvalue weighted by Gasteiger charge is -2.33. The van der Waals surface area contributed by atoms with E-state index >= 15 is 0 Å². The topological polar surface area (TPSA) is 74.2 Å². The lowest BCUT2D eigenvalue weighted by Crippen LogP contribution is -2.38. The molecule has 0 unspecified atom stereocenters. The largest absolute Gasteiger partial charge is 0.481 e. The second-order valence-electron chi connectivity index (χ2n) is 9.75. The molecule has 0 amide bonds. The zero-order chi connectivity index (χ0) is 24.3. The van der Waals surface area contributed by atoms with Gasteiger partial charge in [0.1, 0.15) is 5.82 Å². The van der Waals surface area contributed by atoms with Gasteiger partial charge >= 0.3 is 5.97 Å². The molecular weight excluding hydrogens is 429 g/mol. The molecule has 0 aliphatic carbocycles. The van der Waals surface area contributed by atoms with Gasteiger partial charge < -0.3 is 15.7 Å². The van der Waals surface area contributed by atoms with Gasteiger partial charge in [-0.1, -0.05) is 61.5 Å². The molecule has 178 valence electrons. The predicted octanol–water partition coefficient (Wildman–Crippen LogP) is 5.30. The van der Waals surface area contributed by atoms with Crippen LogP contribution in [0.1, 0.15) is 55.1 Å². The van der Waals surface area contributed by atoms with Crippen molar-refractivity contribution in [1.29, 1.82) is 0 Å². The van der Waals surface area contributed by atoms with E-state index in [1.54, 1.807) is 13.8 Å². The highest BCUT2D eigenvalue weighted by Gasteiger charge is 2.31. The van der Waals surface area contributed by atoms with Crippen LogP contribution in [0.3, 0.4) is 0 Å². The van der Waals surface area contributed by atoms with Crippen LogP contribution in [-0.4, -0.2) is 29.1 Å². The molecule has 2 aromatic carbocycles. The summed E-state index contributed by atoms with van der Waals surface area (Å²) in [4.78, 5) is 16.0. The van der Waals surface area contributed by atoms with Crippen LogP contribution < -0.4 is 10.6 Å². The van der Waals surface area contributed by atoms with Gasteiger partial charge in [0, 0.05) is 31.1 Å². The molecule has 1 aliphatic rings. The van der Waals surface area contributed by atoms with Crippen molar-refractivity contribution >= 4 is 11.7 Å². The molecule has 1 aliphatic heterocycles. The third kappa shape index (κ3) is 5.12. The molecule has 1 aromatic heterocycles. The van der Waals surface area contributed by atoms with Gasteiger partial charge in [-0.05, 0) is 42.9 Å². The second kappa shape index (κ2) is 9.94. The summed E-state index contributed by atoms with van der Waals surface area (Å²) >= 11 is 0. The minimum Gasteiger partial charge on any atom is -0.481 e. The Morgan fingerprint density at radius 3 is 2.65 bits per heavy atom. The number of nitrogens with one attached hydrogen (secondary N) is 2. The highest BCUT2D eigenvalue weighted by atomic mass is 19.1. The van der Waals surface area contributed by atoms with Gasteiger partial charge in [0.25, 0.3) is 0 Å². The normalized spacial score (nSPS) is 17.4. The van der Waals surface area contributed by atoms with Gasteiger partial charge in [-0.25, -0.2) is 4.39 Å². The van der Waals surface area contributed by atoms with Crippen molar-refractivity contribution < 1.29 is 14.3 Å². The second-order valence-corrected chi connectivity index (χ2v) is 9.75. The Labute approximate surface area is 200 Å². The van der Waals surface area contributed by atoms with Gasteiger partial charge in [-0.2, -0.15) is 0 Å². The Morgan fingerprint density at radius 1 is 1.18 bits per heavy atom. The van der Waals surface area contributed by atoms with Crippen LogP contribution in [0.2, 0.25) is 0 Å². The average molecular weight is 462 g/mol. The number of carbonyl (C=O) groups is 1. The van der Waals surface area contributed by atoms with Crippen molar-refractivity contribution in [2.45, 2.75) is 44.6 Å². The van der Waals surface area contributed by atoms with Crippen LogP contribution >= 0.6 is 0 Å². The van der Waals surface area contributed by atoms with Gasteiger partial charge in [0.15, 0.2) is 0 Å². The molecule has 34 heavy (non-hydrogen) atoms. The predicted molar refractivity (Wildman–Crippen MR) is 133 cm³/mol. The first kappa shape index (κ1) is 23.9. The number of carboxylic acid groups (broad SMARTS) is 1. The molecule has 0 fully saturated rings. The number of hydrogen-bond acceptors (Lipinski definition) is 4. The number of hydrogen-bond donors (Lipinski definition) is 3. The molecule has 5 nitrogen and oxygen atoms in total. The van der Waals surface area contributed by atoms with E-state index < -0.39 is 11.4 Å². The molecule has 0 radical (unpaired) electrons. The van der Waals surface area contributed by atoms with Crippen LogP contribution in [0, 0.1) is 11.7 Å². The number of carboxylic acids is 1. The number of fused-ring (bicyclic) bond motifs is 1. The molecule has 3 atom stereocenters. The number of aromatic nitrogens is 1. The van der Waals surface area contributed by atoms with E-state index in [4.69, 9.17) is 0 Å². The van der Waals surface area contributed by atoms with Crippen molar-refractivity contribution in [2.75, 3.05) is 18.4 Å². The van der Waals surface area contributed by atoms with Crippen LogP contribution in [0.25, 0.3) is 0 Å². The fourth-order valence-corrected chi connectivity index (χ4v) is 4.58. The Balaban J connectivity index is 1.52. The summed E-state index contributed by atoms with van der Waals surface area (Å²) in [6.07, 6.45) is 2.04. The van der Waals surface area contributed by atoms with E-state index in [2.05, 4.69) is 40.7 Å². The van der Waals surface area contributed by atoms with Gasteiger partial charge in [-0.3, -0.25) is 9.78 Å². The smallest absolute Gasteiger partial charge is 0.313 e. The first-order valence-electron chi connectivity index (χ1n) is 11.8. The number of rotatable bonds is 8. The Morgan fingerprint density at radius 2 is 1.91 bits per heavy atom. The van der Waals surface area contributed by atoms with Crippen molar-refractivity contribution in [3.63, 3.8) is 0 Å². The lowest BCUT2D eigenvalue weighted by molar-refractivity contribution is -0.142. The molecule has 2 heterocycles. The maximum Gasteiger partial charge on any atom is 0.313 e. The standard InChI is InChI=1S/C28H32FN3O2/c1-18(20-10-7-11-22(12-20)28(2,3)27(33)34)15-32-26(19-8-5-4-6-9-19)21-13-24-25(30-16-21)14-23(29)17-31-24/h4-12,14,17-18,21,26,30,32H,13,15-16H2,1-3H3,(H,33,34)/t18-,21-,26-/m1/s1. The monoisotopic (exact) mass is 461 g/mol. The first-order chi connectivity index (χ1) is 16.3. The zero-order valence-corrected chi connectivity index (χ0v) is 19.9. The molecule has 3 aromatic rings. The van der Waals surface area contributed by atoms with Crippen molar-refractivity contribution in [3.05, 3.63) is 95.1 Å². The first-order valence-corrected chi connectivity index (χ1v) is 11.8. The molecule has 4 rings (SSSR count). The average Bonchev–Trinajstić information content (AvgIpc) is 2.84. The van der Waals surface area contributed by atoms with Crippen molar-refractivity contribution in [2.24, 2.45) is 5.92 Å². The highest BCUT2D eigenvalue weighted by Crippen LogP contribution is 2.32. The molecule has 0 saturated carbocycles. The summed E-state index contributed by atoms with van der Waals surface area (Å²) in [5.74, 6) is -0.730. The highest BCUT2D eigenvalue weighted by molar-refractivity contribution is 5.80. The van der Waals surface area contributed by atoms with Crippen molar-refractivity contribution in [1.82, 2.24) is 10.3 Å². The minimum absolute atomic E-state index is 0.0924. The Bertz CT molecular complexity index is 1150. The summed E-state index contributed by atoms with van der Waals surface area (Å²) in [6.45, 7) is 7.08. The minimum atomic E-state index is -0.941. The maximum atomic E-state index is 13.6. The van der Waals surface area contributed by atoms with E-state index in [1.165, 1.54) is 17.8 Å². The van der Waals surface area contributed by atoms with E-state index in [0.717, 1.165) is 42.0 Å². The van der Waals surface area contributed by atoms with Crippen LogP contribution in [0.4, 0.5) is 10.1 Å². The van der Waals surface area contributed by atoms with Crippen LogP contribution in [-0.2, 0) is 16.6 Å².